The first-order valence-electron chi connectivity index (χ1n) is 7.00. The number of benzene rings is 1. The van der Waals surface area contributed by atoms with Gasteiger partial charge < -0.3 is 9.73 Å². The molecule has 3 rings (SSSR count). The van der Waals surface area contributed by atoms with Crippen LogP contribution in [0.2, 0.25) is 0 Å². The maximum absolute atomic E-state index is 5.48. The Morgan fingerprint density at radius 2 is 2.05 bits per heavy atom. The highest BCUT2D eigenvalue weighted by atomic mass is 16.4. The first-order chi connectivity index (χ1) is 10.3. The van der Waals surface area contributed by atoms with Crippen LogP contribution >= 0.6 is 0 Å². The average Bonchev–Trinajstić information content (AvgIpc) is 3.16. The molecule has 0 aliphatic rings. The van der Waals surface area contributed by atoms with Gasteiger partial charge in [-0.15, -0.1) is 5.10 Å². The average molecular weight is 283 g/mol. The zero-order valence-corrected chi connectivity index (χ0v) is 11.9. The summed E-state index contributed by atoms with van der Waals surface area (Å²) in [4.78, 5) is 0. The van der Waals surface area contributed by atoms with Crippen LogP contribution in [0.25, 0.3) is 5.69 Å². The molecule has 0 radical (unpaired) electrons. The van der Waals surface area contributed by atoms with Crippen LogP contribution in [0.5, 0.6) is 0 Å². The Hall–Kier alpha value is -2.63. The molecule has 0 aliphatic carbocycles. The summed E-state index contributed by atoms with van der Waals surface area (Å²) >= 11 is 0. The number of aromatic nitrogens is 4. The maximum Gasteiger partial charge on any atom is 0.315 e. The minimum atomic E-state index is 0.450. The van der Waals surface area contributed by atoms with E-state index >= 15 is 0 Å². The molecule has 6 heteroatoms. The van der Waals surface area contributed by atoms with Crippen LogP contribution in [0.15, 0.2) is 47.1 Å². The molecule has 0 saturated carbocycles. The van der Waals surface area contributed by atoms with Gasteiger partial charge in [0, 0.05) is 24.7 Å². The number of hydrogen-bond donors (Lipinski definition) is 1. The summed E-state index contributed by atoms with van der Waals surface area (Å²) < 4.78 is 7.32. The van der Waals surface area contributed by atoms with Crippen molar-refractivity contribution in [3.63, 3.8) is 0 Å². The molecule has 3 aromatic rings. The van der Waals surface area contributed by atoms with Gasteiger partial charge in [0.05, 0.1) is 11.9 Å². The molecule has 0 aliphatic heterocycles. The molecule has 108 valence electrons. The molecule has 0 amide bonds. The number of nitrogens with one attached hydrogen (secondary N) is 1. The normalized spacial score (nSPS) is 10.7. The lowest BCUT2D eigenvalue weighted by molar-refractivity contribution is 0.501. The molecular formula is C15H17N5O. The Balaban J connectivity index is 1.62. The molecule has 2 heterocycles. The minimum absolute atomic E-state index is 0.450. The van der Waals surface area contributed by atoms with Crippen molar-refractivity contribution in [3.05, 3.63) is 54.2 Å². The fourth-order valence-corrected chi connectivity index (χ4v) is 1.99. The minimum Gasteiger partial charge on any atom is -0.408 e. The second-order valence-electron chi connectivity index (χ2n) is 4.73. The lowest BCUT2D eigenvalue weighted by atomic mass is 10.3. The van der Waals surface area contributed by atoms with E-state index in [-0.39, 0.29) is 0 Å². The van der Waals surface area contributed by atoms with Crippen LogP contribution in [0.3, 0.4) is 0 Å². The smallest absolute Gasteiger partial charge is 0.315 e. The van der Waals surface area contributed by atoms with E-state index in [2.05, 4.69) is 27.5 Å². The Kier molecular flexibility index (Phi) is 3.95. The topological polar surface area (TPSA) is 68.8 Å². The highest BCUT2D eigenvalue weighted by Crippen LogP contribution is 2.11. The Bertz CT molecular complexity index is 689. The number of aryl methyl sites for hydroxylation is 1. The van der Waals surface area contributed by atoms with Crippen molar-refractivity contribution in [1.82, 2.24) is 20.0 Å². The first-order valence-corrected chi connectivity index (χ1v) is 7.00. The third-order valence-electron chi connectivity index (χ3n) is 3.03. The fraction of sp³-hybridized carbons (Fsp3) is 0.267. The van der Waals surface area contributed by atoms with Crippen LogP contribution in [0.4, 0.5) is 6.01 Å². The summed E-state index contributed by atoms with van der Waals surface area (Å²) in [5, 5.41) is 15.4. The summed E-state index contributed by atoms with van der Waals surface area (Å²) in [5.41, 5.74) is 2.08. The summed E-state index contributed by atoms with van der Waals surface area (Å²) in [6, 6.07) is 10.4. The molecule has 0 atom stereocenters. The zero-order valence-electron chi connectivity index (χ0n) is 11.9. The standard InChI is InChI=1S/C15H17N5O/c1-2-6-14-18-19-15(21-14)16-9-12-10-17-20(11-12)13-7-4-3-5-8-13/h3-5,7-8,10-11H,2,6,9H2,1H3,(H,16,19). The lowest BCUT2D eigenvalue weighted by Crippen LogP contribution is -1.98. The Labute approximate surface area is 122 Å². The molecule has 0 unspecified atom stereocenters. The zero-order chi connectivity index (χ0) is 14.5. The van der Waals surface area contributed by atoms with E-state index in [9.17, 15) is 0 Å². The predicted molar refractivity (Wildman–Crippen MR) is 79.2 cm³/mol. The van der Waals surface area contributed by atoms with Gasteiger partial charge in [-0.25, -0.2) is 4.68 Å². The Morgan fingerprint density at radius 3 is 2.86 bits per heavy atom. The fourth-order valence-electron chi connectivity index (χ4n) is 1.99. The lowest BCUT2D eigenvalue weighted by Gasteiger charge is -1.99. The van der Waals surface area contributed by atoms with Crippen molar-refractivity contribution in [2.75, 3.05) is 5.32 Å². The van der Waals surface area contributed by atoms with Crippen molar-refractivity contribution < 1.29 is 4.42 Å². The van der Waals surface area contributed by atoms with Gasteiger partial charge in [0.2, 0.25) is 5.89 Å². The highest BCUT2D eigenvalue weighted by Gasteiger charge is 2.06. The number of rotatable bonds is 6. The maximum atomic E-state index is 5.48. The number of anilines is 1. The van der Waals surface area contributed by atoms with Crippen LogP contribution in [-0.4, -0.2) is 20.0 Å². The molecule has 0 fully saturated rings. The van der Waals surface area contributed by atoms with E-state index in [0.29, 0.717) is 18.5 Å². The monoisotopic (exact) mass is 283 g/mol. The van der Waals surface area contributed by atoms with E-state index in [1.807, 2.05) is 47.4 Å². The van der Waals surface area contributed by atoms with Crippen molar-refractivity contribution in [2.24, 2.45) is 0 Å². The highest BCUT2D eigenvalue weighted by molar-refractivity contribution is 5.31. The van der Waals surface area contributed by atoms with Crippen molar-refractivity contribution in [2.45, 2.75) is 26.3 Å². The summed E-state index contributed by atoms with van der Waals surface area (Å²) in [5.74, 6) is 0.667. The van der Waals surface area contributed by atoms with Gasteiger partial charge in [-0.2, -0.15) is 5.10 Å². The van der Waals surface area contributed by atoms with Gasteiger partial charge in [-0.05, 0) is 18.6 Å². The van der Waals surface area contributed by atoms with Gasteiger partial charge in [-0.1, -0.05) is 30.2 Å². The van der Waals surface area contributed by atoms with Crippen LogP contribution in [0.1, 0.15) is 24.8 Å². The quantitative estimate of drug-likeness (QED) is 0.753. The van der Waals surface area contributed by atoms with E-state index in [1.165, 1.54) is 0 Å². The van der Waals surface area contributed by atoms with Crippen LogP contribution < -0.4 is 5.32 Å². The largest absolute Gasteiger partial charge is 0.408 e. The molecule has 0 bridgehead atoms. The molecule has 2 aromatic heterocycles. The third kappa shape index (κ3) is 3.28. The summed E-state index contributed by atoms with van der Waals surface area (Å²) in [7, 11) is 0. The number of nitrogens with zero attached hydrogens (tertiary/aromatic N) is 4. The molecule has 21 heavy (non-hydrogen) atoms. The second-order valence-corrected chi connectivity index (χ2v) is 4.73. The molecular weight excluding hydrogens is 266 g/mol. The van der Waals surface area contributed by atoms with Gasteiger partial charge in [-0.3, -0.25) is 0 Å². The molecule has 1 N–H and O–H groups in total. The van der Waals surface area contributed by atoms with Gasteiger partial charge in [0.25, 0.3) is 0 Å². The van der Waals surface area contributed by atoms with Crippen molar-refractivity contribution in [3.8, 4) is 5.69 Å². The summed E-state index contributed by atoms with van der Waals surface area (Å²) in [6.07, 6.45) is 5.60. The second kappa shape index (κ2) is 6.21. The van der Waals surface area contributed by atoms with Crippen LogP contribution in [0, 0.1) is 0 Å². The van der Waals surface area contributed by atoms with Crippen molar-refractivity contribution in [1.29, 1.82) is 0 Å². The SMILES string of the molecule is CCCc1nnc(NCc2cnn(-c3ccccc3)c2)o1. The number of hydrogen-bond acceptors (Lipinski definition) is 5. The van der Waals surface area contributed by atoms with E-state index in [1.54, 1.807) is 0 Å². The third-order valence-corrected chi connectivity index (χ3v) is 3.03. The molecule has 0 saturated heterocycles. The van der Waals surface area contributed by atoms with Crippen LogP contribution in [-0.2, 0) is 13.0 Å². The van der Waals surface area contributed by atoms with Gasteiger partial charge in [0.1, 0.15) is 0 Å². The van der Waals surface area contributed by atoms with Crippen molar-refractivity contribution >= 4 is 6.01 Å². The molecule has 0 spiro atoms. The van der Waals surface area contributed by atoms with E-state index < -0.39 is 0 Å². The predicted octanol–water partition coefficient (Wildman–Crippen LogP) is 2.82. The van der Waals surface area contributed by atoms with Gasteiger partial charge >= 0.3 is 6.01 Å². The first kappa shape index (κ1) is 13.4. The Morgan fingerprint density at radius 1 is 1.19 bits per heavy atom. The summed E-state index contributed by atoms with van der Waals surface area (Å²) in [6.45, 7) is 2.68. The van der Waals surface area contributed by atoms with E-state index in [0.717, 1.165) is 24.1 Å². The molecule has 1 aromatic carbocycles. The van der Waals surface area contributed by atoms with Gasteiger partial charge in [0.15, 0.2) is 0 Å². The number of para-hydroxylation sites is 1. The molecule has 6 nitrogen and oxygen atoms in total. The van der Waals surface area contributed by atoms with E-state index in [4.69, 9.17) is 4.42 Å².